The number of quaternary nitrogens is 1. The maximum atomic E-state index is 12.1. The molecule has 4 nitrogen and oxygen atoms in total. The van der Waals surface area contributed by atoms with Crippen molar-refractivity contribution in [3.8, 4) is 0 Å². The highest BCUT2D eigenvalue weighted by molar-refractivity contribution is 5.68. The van der Waals surface area contributed by atoms with Crippen LogP contribution in [0.4, 0.5) is 4.79 Å². The molecule has 1 heterocycles. The summed E-state index contributed by atoms with van der Waals surface area (Å²) in [5.41, 5.74) is 0.759. The molecule has 0 unspecified atom stereocenters. The van der Waals surface area contributed by atoms with Crippen LogP contribution in [-0.4, -0.2) is 42.8 Å². The third-order valence-corrected chi connectivity index (χ3v) is 5.08. The molecule has 5 heteroatoms. The number of hydrogen-bond donors (Lipinski definition) is 1. The number of carbonyl (C=O) groups is 1. The molecule has 1 aromatic rings. The van der Waals surface area contributed by atoms with E-state index in [0.29, 0.717) is 6.61 Å². The Bertz CT molecular complexity index is 512. The normalized spacial score (nSPS) is 17.1. The van der Waals surface area contributed by atoms with Crippen molar-refractivity contribution < 1.29 is 26.4 Å². The van der Waals surface area contributed by atoms with Crippen LogP contribution in [-0.2, 0) is 11.3 Å². The molecule has 1 aliphatic rings. The van der Waals surface area contributed by atoms with Crippen molar-refractivity contribution in [2.45, 2.75) is 58.1 Å². The van der Waals surface area contributed by atoms with E-state index in [1.165, 1.54) is 38.8 Å². The van der Waals surface area contributed by atoms with E-state index < -0.39 is 0 Å². The number of benzene rings is 1. The van der Waals surface area contributed by atoms with Gasteiger partial charge in [0.05, 0.1) is 26.7 Å². The van der Waals surface area contributed by atoms with Crippen LogP contribution in [0.5, 0.6) is 0 Å². The standard InChI is InChI=1S/C20H32N2O2.ClH/c1-20(2,13-16-22(3)14-9-4-5-10-15-22)21-19(23)24-17-18-11-7-6-8-12-18;/h6-8,11-12H,4-5,9-10,13-17H2,1-3H3;1H. The quantitative estimate of drug-likeness (QED) is 0.764. The van der Waals surface area contributed by atoms with Crippen LogP contribution in [0.25, 0.3) is 0 Å². The molecule has 0 bridgehead atoms. The van der Waals surface area contributed by atoms with E-state index in [1.807, 2.05) is 30.3 Å². The molecule has 0 atom stereocenters. The van der Waals surface area contributed by atoms with Gasteiger partial charge < -0.3 is 26.9 Å². The van der Waals surface area contributed by atoms with E-state index in [9.17, 15) is 4.79 Å². The minimum atomic E-state index is -0.331. The summed E-state index contributed by atoms with van der Waals surface area (Å²) in [6.07, 6.45) is 6.00. The zero-order valence-corrected chi connectivity index (χ0v) is 16.6. The minimum Gasteiger partial charge on any atom is -1.00 e. The van der Waals surface area contributed by atoms with Crippen molar-refractivity contribution in [2.24, 2.45) is 0 Å². The van der Waals surface area contributed by atoms with Crippen LogP contribution in [0.2, 0.25) is 0 Å². The molecule has 0 radical (unpaired) electrons. The molecule has 1 fully saturated rings. The molecule has 1 aromatic carbocycles. The topological polar surface area (TPSA) is 38.3 Å². The molecule has 0 aliphatic carbocycles. The number of carbonyl (C=O) groups excluding carboxylic acids is 1. The lowest BCUT2D eigenvalue weighted by Gasteiger charge is -2.36. The monoisotopic (exact) mass is 368 g/mol. The Kier molecular flexibility index (Phi) is 8.74. The van der Waals surface area contributed by atoms with E-state index >= 15 is 0 Å². The SMILES string of the molecule is CC(C)(CC[N+]1(C)CCCCCC1)NC(=O)OCc1ccccc1.[Cl-]. The van der Waals surface area contributed by atoms with E-state index in [0.717, 1.165) is 23.0 Å². The summed E-state index contributed by atoms with van der Waals surface area (Å²) >= 11 is 0. The van der Waals surface area contributed by atoms with Crippen LogP contribution in [0, 0.1) is 0 Å². The van der Waals surface area contributed by atoms with Gasteiger partial charge in [0, 0.05) is 12.0 Å². The molecular formula is C20H33ClN2O2. The number of rotatable bonds is 6. The molecule has 2 rings (SSSR count). The lowest BCUT2D eigenvalue weighted by atomic mass is 10.00. The second kappa shape index (κ2) is 10.0. The van der Waals surface area contributed by atoms with E-state index in [2.05, 4.69) is 26.2 Å². The highest BCUT2D eigenvalue weighted by Crippen LogP contribution is 2.19. The smallest absolute Gasteiger partial charge is 0.407 e. The molecule has 1 amide bonds. The number of ether oxygens (including phenoxy) is 1. The van der Waals surface area contributed by atoms with Gasteiger partial charge in [-0.05, 0) is 45.1 Å². The molecule has 25 heavy (non-hydrogen) atoms. The molecule has 142 valence electrons. The third kappa shape index (κ3) is 8.10. The second-order valence-electron chi connectivity index (χ2n) is 8.03. The molecule has 0 aromatic heterocycles. The Labute approximate surface area is 158 Å². The van der Waals surface area contributed by atoms with E-state index in [-0.39, 0.29) is 24.0 Å². The van der Waals surface area contributed by atoms with Crippen LogP contribution in [0.3, 0.4) is 0 Å². The first-order chi connectivity index (χ1) is 11.4. The Morgan fingerprint density at radius 3 is 2.32 bits per heavy atom. The molecule has 1 saturated heterocycles. The van der Waals surface area contributed by atoms with E-state index in [1.54, 1.807) is 0 Å². The Balaban J connectivity index is 0.00000312. The summed E-state index contributed by atoms with van der Waals surface area (Å²) in [7, 11) is 2.36. The molecule has 0 saturated carbocycles. The fourth-order valence-corrected chi connectivity index (χ4v) is 3.32. The number of alkyl carbamates (subject to hydrolysis) is 1. The summed E-state index contributed by atoms with van der Waals surface area (Å²) in [6.45, 7) is 8.10. The van der Waals surface area contributed by atoms with Crippen LogP contribution in [0.15, 0.2) is 30.3 Å². The number of halogens is 1. The van der Waals surface area contributed by atoms with Gasteiger partial charge in [-0.3, -0.25) is 0 Å². The van der Waals surface area contributed by atoms with Crippen molar-refractivity contribution in [1.29, 1.82) is 0 Å². The van der Waals surface area contributed by atoms with Crippen molar-refractivity contribution in [2.75, 3.05) is 26.7 Å². The Hall–Kier alpha value is -1.26. The van der Waals surface area contributed by atoms with Gasteiger partial charge in [0.25, 0.3) is 0 Å². The molecular weight excluding hydrogens is 336 g/mol. The van der Waals surface area contributed by atoms with Gasteiger partial charge in [0.15, 0.2) is 0 Å². The largest absolute Gasteiger partial charge is 1.00 e. The highest BCUT2D eigenvalue weighted by Gasteiger charge is 2.29. The summed E-state index contributed by atoms with van der Waals surface area (Å²) in [5.74, 6) is 0. The zero-order chi connectivity index (χ0) is 17.5. The molecule has 1 aliphatic heterocycles. The van der Waals surface area contributed by atoms with Crippen molar-refractivity contribution >= 4 is 6.09 Å². The summed E-state index contributed by atoms with van der Waals surface area (Å²) in [5, 5.41) is 3.03. The minimum absolute atomic E-state index is 0. The Morgan fingerprint density at radius 1 is 1.12 bits per heavy atom. The van der Waals surface area contributed by atoms with Crippen molar-refractivity contribution in [3.05, 3.63) is 35.9 Å². The first-order valence-electron chi connectivity index (χ1n) is 9.21. The van der Waals surface area contributed by atoms with Crippen molar-refractivity contribution in [3.63, 3.8) is 0 Å². The maximum absolute atomic E-state index is 12.1. The number of hydrogen-bond acceptors (Lipinski definition) is 2. The summed E-state index contributed by atoms with van der Waals surface area (Å²) < 4.78 is 6.47. The predicted octanol–water partition coefficient (Wildman–Crippen LogP) is 1.11. The Morgan fingerprint density at radius 2 is 1.72 bits per heavy atom. The average molecular weight is 369 g/mol. The number of likely N-dealkylation sites (tertiary alicyclic amines) is 1. The zero-order valence-electron chi connectivity index (χ0n) is 15.9. The van der Waals surface area contributed by atoms with Gasteiger partial charge in [0.1, 0.15) is 6.61 Å². The van der Waals surface area contributed by atoms with Crippen LogP contribution in [0.1, 0.15) is 51.5 Å². The highest BCUT2D eigenvalue weighted by atomic mass is 35.5. The molecule has 1 N–H and O–H groups in total. The first-order valence-corrected chi connectivity index (χ1v) is 9.21. The average Bonchev–Trinajstić information content (AvgIpc) is 2.77. The maximum Gasteiger partial charge on any atom is 0.407 e. The van der Waals surface area contributed by atoms with Gasteiger partial charge in [-0.2, -0.15) is 0 Å². The van der Waals surface area contributed by atoms with E-state index in [4.69, 9.17) is 4.74 Å². The van der Waals surface area contributed by atoms with Gasteiger partial charge in [-0.1, -0.05) is 30.3 Å². The predicted molar refractivity (Wildman–Crippen MR) is 97.7 cm³/mol. The molecule has 0 spiro atoms. The lowest BCUT2D eigenvalue weighted by molar-refractivity contribution is -0.909. The van der Waals surface area contributed by atoms with Gasteiger partial charge >= 0.3 is 6.09 Å². The van der Waals surface area contributed by atoms with Gasteiger partial charge in [0.2, 0.25) is 0 Å². The fraction of sp³-hybridized carbons (Fsp3) is 0.650. The van der Waals surface area contributed by atoms with Crippen LogP contribution >= 0.6 is 0 Å². The summed E-state index contributed by atoms with van der Waals surface area (Å²) in [6, 6.07) is 9.78. The number of nitrogens with zero attached hydrogens (tertiary/aromatic N) is 1. The van der Waals surface area contributed by atoms with Gasteiger partial charge in [-0.25, -0.2) is 4.79 Å². The first kappa shape index (κ1) is 21.8. The third-order valence-electron chi connectivity index (χ3n) is 5.08. The second-order valence-corrected chi connectivity index (χ2v) is 8.03. The van der Waals surface area contributed by atoms with Gasteiger partial charge in [-0.15, -0.1) is 0 Å². The number of amides is 1. The van der Waals surface area contributed by atoms with Crippen LogP contribution < -0.4 is 17.7 Å². The lowest BCUT2D eigenvalue weighted by Crippen LogP contribution is -3.00. The fourth-order valence-electron chi connectivity index (χ4n) is 3.32. The van der Waals surface area contributed by atoms with Crippen molar-refractivity contribution in [1.82, 2.24) is 5.32 Å². The number of nitrogens with one attached hydrogen (secondary N) is 1. The summed E-state index contributed by atoms with van der Waals surface area (Å²) in [4.78, 5) is 12.1.